The molecule has 4 rings (SSSR count). The van der Waals surface area contributed by atoms with Crippen LogP contribution in [0.5, 0.6) is 0 Å². The monoisotopic (exact) mass is 414 g/mol. The van der Waals surface area contributed by atoms with E-state index in [0.29, 0.717) is 23.4 Å². The van der Waals surface area contributed by atoms with Gasteiger partial charge in [0.15, 0.2) is 11.6 Å². The standard InChI is InChI=1S/C22H17F3N2O3/c1-11-14(6-7-30-11)21(28)27-20-9-13(3-5-18(20)24)26-22(29)16-10-15(16)12-2-4-17(23)19(25)8-12/h2-9,15-16H,10H2,1H3,(H,26,29)(H,27,28). The van der Waals surface area contributed by atoms with Crippen molar-refractivity contribution in [1.29, 1.82) is 0 Å². The average Bonchev–Trinajstić information content (AvgIpc) is 3.40. The summed E-state index contributed by atoms with van der Waals surface area (Å²) in [7, 11) is 0. The first-order valence-electron chi connectivity index (χ1n) is 9.24. The summed E-state index contributed by atoms with van der Waals surface area (Å²) in [6, 6.07) is 8.88. The minimum Gasteiger partial charge on any atom is -0.469 e. The molecule has 0 spiro atoms. The number of rotatable bonds is 5. The molecule has 3 aromatic rings. The molecular weight excluding hydrogens is 397 g/mol. The number of benzene rings is 2. The fourth-order valence-electron chi connectivity index (χ4n) is 3.34. The Kier molecular flexibility index (Phi) is 5.07. The van der Waals surface area contributed by atoms with Gasteiger partial charge in [-0.05, 0) is 61.2 Å². The molecule has 30 heavy (non-hydrogen) atoms. The van der Waals surface area contributed by atoms with E-state index < -0.39 is 29.3 Å². The van der Waals surface area contributed by atoms with Gasteiger partial charge >= 0.3 is 0 Å². The number of amides is 2. The quantitative estimate of drug-likeness (QED) is 0.617. The molecule has 1 heterocycles. The second kappa shape index (κ2) is 7.70. The smallest absolute Gasteiger partial charge is 0.259 e. The number of furan rings is 1. The minimum atomic E-state index is -0.953. The van der Waals surface area contributed by atoms with Gasteiger partial charge in [-0.15, -0.1) is 0 Å². The minimum absolute atomic E-state index is 0.0913. The Hall–Kier alpha value is -3.55. The Labute approximate surface area is 169 Å². The molecule has 8 heteroatoms. The topological polar surface area (TPSA) is 71.3 Å². The SMILES string of the molecule is Cc1occc1C(=O)Nc1cc(NC(=O)C2CC2c2ccc(F)c(F)c2)ccc1F. The van der Waals surface area contributed by atoms with Crippen molar-refractivity contribution in [3.8, 4) is 0 Å². The van der Waals surface area contributed by atoms with Crippen molar-refractivity contribution in [2.45, 2.75) is 19.3 Å². The summed E-state index contributed by atoms with van der Waals surface area (Å²) in [5, 5.41) is 5.13. The highest BCUT2D eigenvalue weighted by Crippen LogP contribution is 2.48. The summed E-state index contributed by atoms with van der Waals surface area (Å²) in [6.07, 6.45) is 1.86. The van der Waals surface area contributed by atoms with Crippen molar-refractivity contribution in [2.75, 3.05) is 10.6 Å². The van der Waals surface area contributed by atoms with Crippen LogP contribution < -0.4 is 10.6 Å². The van der Waals surface area contributed by atoms with Crippen LogP contribution in [-0.4, -0.2) is 11.8 Å². The second-order valence-corrected chi connectivity index (χ2v) is 7.15. The number of carbonyl (C=O) groups is 2. The van der Waals surface area contributed by atoms with Gasteiger partial charge in [-0.3, -0.25) is 9.59 Å². The maximum atomic E-state index is 14.1. The largest absolute Gasteiger partial charge is 0.469 e. The first kappa shape index (κ1) is 19.8. The molecule has 2 aromatic carbocycles. The molecule has 0 bridgehead atoms. The van der Waals surface area contributed by atoms with Gasteiger partial charge in [0.2, 0.25) is 5.91 Å². The van der Waals surface area contributed by atoms with Gasteiger partial charge < -0.3 is 15.1 Å². The highest BCUT2D eigenvalue weighted by molar-refractivity contribution is 6.05. The van der Waals surface area contributed by atoms with Crippen LogP contribution in [0.15, 0.2) is 53.1 Å². The fourth-order valence-corrected chi connectivity index (χ4v) is 3.34. The van der Waals surface area contributed by atoms with E-state index in [4.69, 9.17) is 4.42 Å². The third-order valence-corrected chi connectivity index (χ3v) is 5.08. The number of carbonyl (C=O) groups excluding carboxylic acids is 2. The van der Waals surface area contributed by atoms with Crippen LogP contribution >= 0.6 is 0 Å². The molecule has 2 atom stereocenters. The lowest BCUT2D eigenvalue weighted by atomic mass is 10.1. The van der Waals surface area contributed by atoms with Gasteiger partial charge in [0.05, 0.1) is 17.5 Å². The van der Waals surface area contributed by atoms with Gasteiger partial charge in [-0.1, -0.05) is 6.07 Å². The summed E-state index contributed by atoms with van der Waals surface area (Å²) in [5.74, 6) is -3.61. The molecule has 5 nitrogen and oxygen atoms in total. The fraction of sp³-hybridized carbons (Fsp3) is 0.182. The Morgan fingerprint density at radius 3 is 2.43 bits per heavy atom. The number of aryl methyl sites for hydroxylation is 1. The Bertz CT molecular complexity index is 1140. The molecule has 1 aromatic heterocycles. The molecule has 0 aliphatic heterocycles. The lowest BCUT2D eigenvalue weighted by Crippen LogP contribution is -2.16. The molecule has 154 valence electrons. The van der Waals surface area contributed by atoms with E-state index in [-0.39, 0.29) is 23.1 Å². The normalized spacial score (nSPS) is 17.5. The van der Waals surface area contributed by atoms with Crippen molar-refractivity contribution < 1.29 is 27.2 Å². The van der Waals surface area contributed by atoms with E-state index in [9.17, 15) is 22.8 Å². The summed E-state index contributed by atoms with van der Waals surface area (Å²) < 4.78 is 45.7. The summed E-state index contributed by atoms with van der Waals surface area (Å²) >= 11 is 0. The van der Waals surface area contributed by atoms with Crippen molar-refractivity contribution in [3.05, 3.63) is 83.1 Å². The van der Waals surface area contributed by atoms with Gasteiger partial charge in [-0.25, -0.2) is 13.2 Å². The van der Waals surface area contributed by atoms with Crippen LogP contribution in [-0.2, 0) is 4.79 Å². The van der Waals surface area contributed by atoms with Crippen LogP contribution in [0.2, 0.25) is 0 Å². The third kappa shape index (κ3) is 3.94. The van der Waals surface area contributed by atoms with Crippen LogP contribution in [0.1, 0.15) is 34.0 Å². The number of anilines is 2. The van der Waals surface area contributed by atoms with E-state index in [1.54, 1.807) is 6.92 Å². The first-order chi connectivity index (χ1) is 14.3. The third-order valence-electron chi connectivity index (χ3n) is 5.08. The number of nitrogens with one attached hydrogen (secondary N) is 2. The predicted octanol–water partition coefficient (Wildman–Crippen LogP) is 5.00. The maximum Gasteiger partial charge on any atom is 0.259 e. The van der Waals surface area contributed by atoms with E-state index in [1.165, 1.54) is 30.5 Å². The highest BCUT2D eigenvalue weighted by Gasteiger charge is 2.44. The van der Waals surface area contributed by atoms with Crippen LogP contribution in [0.3, 0.4) is 0 Å². The zero-order chi connectivity index (χ0) is 21.4. The van der Waals surface area contributed by atoms with Crippen molar-refractivity contribution in [1.82, 2.24) is 0 Å². The predicted molar refractivity (Wildman–Crippen MR) is 104 cm³/mol. The van der Waals surface area contributed by atoms with E-state index >= 15 is 0 Å². The summed E-state index contributed by atoms with van der Waals surface area (Å²) in [5.41, 5.74) is 1.04. The Morgan fingerprint density at radius 1 is 0.967 bits per heavy atom. The van der Waals surface area contributed by atoms with Gasteiger partial charge in [-0.2, -0.15) is 0 Å². The molecule has 1 aliphatic rings. The molecule has 2 N–H and O–H groups in total. The molecular formula is C22H17F3N2O3. The molecule has 2 amide bonds. The molecule has 0 radical (unpaired) electrons. The summed E-state index contributed by atoms with van der Waals surface area (Å²) in [6.45, 7) is 1.61. The van der Waals surface area contributed by atoms with Gasteiger partial charge in [0.25, 0.3) is 5.91 Å². The lowest BCUT2D eigenvalue weighted by molar-refractivity contribution is -0.117. The maximum absolute atomic E-state index is 14.1. The second-order valence-electron chi connectivity index (χ2n) is 7.15. The van der Waals surface area contributed by atoms with Crippen LogP contribution in [0.25, 0.3) is 0 Å². The molecule has 2 unspecified atom stereocenters. The Balaban J connectivity index is 1.43. The van der Waals surface area contributed by atoms with Crippen LogP contribution in [0, 0.1) is 30.3 Å². The zero-order valence-electron chi connectivity index (χ0n) is 15.8. The number of hydrogen-bond donors (Lipinski definition) is 2. The van der Waals surface area contributed by atoms with Gasteiger partial charge in [0.1, 0.15) is 11.6 Å². The van der Waals surface area contributed by atoms with Crippen molar-refractivity contribution in [2.24, 2.45) is 5.92 Å². The first-order valence-corrected chi connectivity index (χ1v) is 9.24. The van der Waals surface area contributed by atoms with Gasteiger partial charge in [0, 0.05) is 11.6 Å². The Morgan fingerprint density at radius 2 is 1.73 bits per heavy atom. The zero-order valence-corrected chi connectivity index (χ0v) is 15.8. The average molecular weight is 414 g/mol. The lowest BCUT2D eigenvalue weighted by Gasteiger charge is -2.10. The molecule has 0 saturated heterocycles. The van der Waals surface area contributed by atoms with Crippen LogP contribution in [0.4, 0.5) is 24.5 Å². The van der Waals surface area contributed by atoms with Crippen molar-refractivity contribution in [3.63, 3.8) is 0 Å². The molecule has 1 fully saturated rings. The highest BCUT2D eigenvalue weighted by atomic mass is 19.2. The number of halogens is 3. The van der Waals surface area contributed by atoms with E-state index in [1.807, 2.05) is 0 Å². The van der Waals surface area contributed by atoms with E-state index in [0.717, 1.165) is 18.2 Å². The molecule has 1 saturated carbocycles. The van der Waals surface area contributed by atoms with E-state index in [2.05, 4.69) is 10.6 Å². The summed E-state index contributed by atoms with van der Waals surface area (Å²) in [4.78, 5) is 24.8. The molecule has 1 aliphatic carbocycles. The van der Waals surface area contributed by atoms with Crippen molar-refractivity contribution >= 4 is 23.2 Å². The number of hydrogen-bond acceptors (Lipinski definition) is 3.